The molecular formula is C18H18ClNO3S2. The van der Waals surface area contributed by atoms with Crippen LogP contribution in [0.2, 0.25) is 5.02 Å². The van der Waals surface area contributed by atoms with E-state index in [-0.39, 0.29) is 22.7 Å². The third kappa shape index (κ3) is 4.77. The number of halogens is 1. The molecule has 132 valence electrons. The van der Waals surface area contributed by atoms with Crippen molar-refractivity contribution in [2.45, 2.75) is 23.1 Å². The topological polar surface area (TPSA) is 63.2 Å². The highest BCUT2D eigenvalue weighted by atomic mass is 35.5. The number of carbonyl (C=O) groups excluding carboxylic acids is 1. The Bertz CT molecular complexity index is 883. The quantitative estimate of drug-likeness (QED) is 0.840. The molecule has 0 aromatic heterocycles. The number of amides is 1. The van der Waals surface area contributed by atoms with Gasteiger partial charge in [-0.2, -0.15) is 0 Å². The van der Waals surface area contributed by atoms with Crippen molar-refractivity contribution in [3.8, 4) is 0 Å². The molecule has 0 spiro atoms. The van der Waals surface area contributed by atoms with Crippen molar-refractivity contribution in [1.82, 2.24) is 5.32 Å². The smallest absolute Gasteiger partial charge is 0.252 e. The van der Waals surface area contributed by atoms with Gasteiger partial charge in [-0.05, 0) is 30.2 Å². The Kier molecular flexibility index (Phi) is 5.71. The number of nitrogens with one attached hydrogen (secondary N) is 1. The van der Waals surface area contributed by atoms with Crippen LogP contribution in [-0.2, 0) is 16.4 Å². The lowest BCUT2D eigenvalue weighted by Crippen LogP contribution is -2.23. The highest BCUT2D eigenvalue weighted by Gasteiger charge is 2.29. The zero-order valence-electron chi connectivity index (χ0n) is 13.4. The minimum Gasteiger partial charge on any atom is -0.348 e. The van der Waals surface area contributed by atoms with Crippen LogP contribution in [0.5, 0.6) is 0 Å². The van der Waals surface area contributed by atoms with Crippen molar-refractivity contribution in [2.75, 3.05) is 11.5 Å². The summed E-state index contributed by atoms with van der Waals surface area (Å²) in [5.74, 6) is 0.211. The number of rotatable bonds is 5. The van der Waals surface area contributed by atoms with Crippen molar-refractivity contribution in [3.63, 3.8) is 0 Å². The van der Waals surface area contributed by atoms with Crippen LogP contribution >= 0.6 is 23.4 Å². The van der Waals surface area contributed by atoms with E-state index in [0.717, 1.165) is 10.5 Å². The van der Waals surface area contributed by atoms with Crippen LogP contribution in [0.25, 0.3) is 0 Å². The van der Waals surface area contributed by atoms with Crippen LogP contribution in [0, 0.1) is 0 Å². The second kappa shape index (κ2) is 7.81. The fourth-order valence-electron chi connectivity index (χ4n) is 2.70. The van der Waals surface area contributed by atoms with E-state index in [1.165, 1.54) is 11.8 Å². The number of hydrogen-bond donors (Lipinski definition) is 1. The van der Waals surface area contributed by atoms with E-state index in [4.69, 9.17) is 11.6 Å². The summed E-state index contributed by atoms with van der Waals surface area (Å²) < 4.78 is 23.3. The Morgan fingerprint density at radius 3 is 2.60 bits per heavy atom. The van der Waals surface area contributed by atoms with Crippen molar-refractivity contribution in [1.29, 1.82) is 0 Å². The molecule has 0 aliphatic carbocycles. The van der Waals surface area contributed by atoms with E-state index in [0.29, 0.717) is 23.6 Å². The van der Waals surface area contributed by atoms with Gasteiger partial charge in [0, 0.05) is 21.7 Å². The average molecular weight is 396 g/mol. The molecule has 4 nitrogen and oxygen atoms in total. The molecule has 1 aliphatic rings. The molecule has 1 heterocycles. The minimum absolute atomic E-state index is 0.00233. The largest absolute Gasteiger partial charge is 0.348 e. The standard InChI is InChI=1S/C18H18ClNO3S2/c19-16-7-3-1-5-13(16)11-20-18(21)15-6-2-4-8-17(15)24-14-9-10-25(22,23)12-14/h1-8,14H,9-12H2,(H,20,21)/t14-/m1/s1. The van der Waals surface area contributed by atoms with E-state index >= 15 is 0 Å². The van der Waals surface area contributed by atoms with Crippen molar-refractivity contribution in [3.05, 3.63) is 64.7 Å². The van der Waals surface area contributed by atoms with Gasteiger partial charge in [-0.25, -0.2) is 8.42 Å². The van der Waals surface area contributed by atoms with Gasteiger partial charge in [0.1, 0.15) is 0 Å². The van der Waals surface area contributed by atoms with Crippen molar-refractivity contribution >= 4 is 39.1 Å². The molecule has 1 fully saturated rings. The molecule has 1 N–H and O–H groups in total. The lowest BCUT2D eigenvalue weighted by molar-refractivity contribution is 0.0948. The van der Waals surface area contributed by atoms with Gasteiger partial charge in [-0.1, -0.05) is 41.9 Å². The lowest BCUT2D eigenvalue weighted by Gasteiger charge is -2.13. The summed E-state index contributed by atoms with van der Waals surface area (Å²) in [5.41, 5.74) is 1.41. The molecule has 0 unspecified atom stereocenters. The molecule has 0 radical (unpaired) electrons. The first-order chi connectivity index (χ1) is 11.9. The molecule has 1 amide bonds. The van der Waals surface area contributed by atoms with E-state index in [2.05, 4.69) is 5.32 Å². The van der Waals surface area contributed by atoms with Crippen LogP contribution in [-0.4, -0.2) is 31.1 Å². The molecule has 1 saturated heterocycles. The summed E-state index contributed by atoms with van der Waals surface area (Å²) in [6.45, 7) is 0.343. The van der Waals surface area contributed by atoms with E-state index < -0.39 is 9.84 Å². The van der Waals surface area contributed by atoms with Crippen LogP contribution in [0.3, 0.4) is 0 Å². The average Bonchev–Trinajstić information content (AvgIpc) is 2.93. The van der Waals surface area contributed by atoms with Gasteiger partial charge in [0.15, 0.2) is 9.84 Å². The fourth-order valence-corrected chi connectivity index (χ4v) is 6.53. The first kappa shape index (κ1) is 18.3. The highest BCUT2D eigenvalue weighted by molar-refractivity contribution is 8.02. The first-order valence-electron chi connectivity index (χ1n) is 7.92. The van der Waals surface area contributed by atoms with Gasteiger partial charge in [0.25, 0.3) is 5.91 Å². The summed E-state index contributed by atoms with van der Waals surface area (Å²) in [5, 5.41) is 3.50. The summed E-state index contributed by atoms with van der Waals surface area (Å²) >= 11 is 7.58. The SMILES string of the molecule is O=C(NCc1ccccc1Cl)c1ccccc1S[C@@H]1CCS(=O)(=O)C1. The third-order valence-corrected chi connectivity index (χ3v) is 7.71. The maximum Gasteiger partial charge on any atom is 0.252 e. The number of hydrogen-bond acceptors (Lipinski definition) is 4. The summed E-state index contributed by atoms with van der Waals surface area (Å²) in [6.07, 6.45) is 0.628. The Labute approximate surface area is 156 Å². The molecule has 2 aromatic carbocycles. The Hall–Kier alpha value is -1.50. The van der Waals surface area contributed by atoms with E-state index in [1.807, 2.05) is 30.3 Å². The predicted octanol–water partition coefficient (Wildman–Crippen LogP) is 3.55. The normalized spacial score (nSPS) is 18.8. The predicted molar refractivity (Wildman–Crippen MR) is 102 cm³/mol. The van der Waals surface area contributed by atoms with Gasteiger partial charge >= 0.3 is 0 Å². The molecule has 25 heavy (non-hydrogen) atoms. The monoisotopic (exact) mass is 395 g/mol. The zero-order valence-corrected chi connectivity index (χ0v) is 15.8. The van der Waals surface area contributed by atoms with Gasteiger partial charge in [0.2, 0.25) is 0 Å². The molecule has 2 aromatic rings. The van der Waals surface area contributed by atoms with Crippen molar-refractivity contribution in [2.24, 2.45) is 0 Å². The van der Waals surface area contributed by atoms with Gasteiger partial charge < -0.3 is 5.32 Å². The molecule has 0 bridgehead atoms. The Balaban J connectivity index is 1.70. The Morgan fingerprint density at radius 1 is 1.16 bits per heavy atom. The number of carbonyl (C=O) groups is 1. The minimum atomic E-state index is -2.94. The van der Waals surface area contributed by atoms with Crippen LogP contribution < -0.4 is 5.32 Å². The molecule has 1 aliphatic heterocycles. The van der Waals surface area contributed by atoms with Gasteiger partial charge in [-0.15, -0.1) is 11.8 Å². The van der Waals surface area contributed by atoms with Crippen molar-refractivity contribution < 1.29 is 13.2 Å². The van der Waals surface area contributed by atoms with Crippen LogP contribution in [0.1, 0.15) is 22.3 Å². The number of thioether (sulfide) groups is 1. The molecule has 1 atom stereocenters. The van der Waals surface area contributed by atoms with Gasteiger partial charge in [-0.3, -0.25) is 4.79 Å². The summed E-state index contributed by atoms with van der Waals surface area (Å²) in [4.78, 5) is 13.4. The summed E-state index contributed by atoms with van der Waals surface area (Å²) in [7, 11) is -2.94. The maximum atomic E-state index is 12.6. The fraction of sp³-hybridized carbons (Fsp3) is 0.278. The Morgan fingerprint density at radius 2 is 1.88 bits per heavy atom. The van der Waals surface area contributed by atoms with Crippen LogP contribution in [0.4, 0.5) is 0 Å². The number of sulfone groups is 1. The second-order valence-electron chi connectivity index (χ2n) is 5.91. The second-order valence-corrected chi connectivity index (χ2v) is 9.89. The molecule has 3 rings (SSSR count). The number of benzene rings is 2. The van der Waals surface area contributed by atoms with Gasteiger partial charge in [0.05, 0.1) is 17.1 Å². The first-order valence-corrected chi connectivity index (χ1v) is 11.0. The molecule has 0 saturated carbocycles. The molecule has 7 heteroatoms. The summed E-state index contributed by atoms with van der Waals surface area (Å²) in [6, 6.07) is 14.6. The zero-order chi connectivity index (χ0) is 17.9. The lowest BCUT2D eigenvalue weighted by atomic mass is 10.2. The van der Waals surface area contributed by atoms with E-state index in [9.17, 15) is 13.2 Å². The highest BCUT2D eigenvalue weighted by Crippen LogP contribution is 2.33. The third-order valence-electron chi connectivity index (χ3n) is 4.01. The van der Waals surface area contributed by atoms with E-state index in [1.54, 1.807) is 18.2 Å². The van der Waals surface area contributed by atoms with Crippen LogP contribution in [0.15, 0.2) is 53.4 Å². The molecular weight excluding hydrogens is 378 g/mol. The maximum absolute atomic E-state index is 12.6.